The molecule has 0 aliphatic heterocycles. The largest absolute Gasteiger partial charge is 0.508 e. The van der Waals surface area contributed by atoms with Gasteiger partial charge >= 0.3 is 0 Å². The van der Waals surface area contributed by atoms with Crippen LogP contribution in [0.15, 0.2) is 97.1 Å². The molecule has 2 atom stereocenters. The zero-order chi connectivity index (χ0) is 30.7. The molecular weight excluding hydrogens is 534 g/mol. The Morgan fingerprint density at radius 2 is 1.51 bits per heavy atom. The monoisotopic (exact) mass is 577 g/mol. The van der Waals surface area contributed by atoms with Crippen LogP contribution in [0, 0.1) is 0 Å². The number of hydrogen-bond acceptors (Lipinski definition) is 4. The summed E-state index contributed by atoms with van der Waals surface area (Å²) in [5.41, 5.74) is 5.51. The summed E-state index contributed by atoms with van der Waals surface area (Å²) in [6, 6.07) is 32.8. The molecule has 0 saturated carbocycles. The van der Waals surface area contributed by atoms with Crippen molar-refractivity contribution in [2.45, 2.75) is 69.9 Å². The molecule has 0 aromatic heterocycles. The Labute approximate surface area is 255 Å². The van der Waals surface area contributed by atoms with Crippen LogP contribution >= 0.6 is 0 Å². The number of carbonyl (C=O) groups excluding carboxylic acids is 1. The number of phenols is 1. The molecule has 1 aliphatic carbocycles. The maximum Gasteiger partial charge on any atom is 0.220 e. The van der Waals surface area contributed by atoms with Crippen LogP contribution in [0.1, 0.15) is 73.9 Å². The first-order valence-electron chi connectivity index (χ1n) is 15.2. The maximum absolute atomic E-state index is 12.9. The van der Waals surface area contributed by atoms with Gasteiger partial charge in [0, 0.05) is 12.0 Å². The second kappa shape index (κ2) is 12.3. The van der Waals surface area contributed by atoms with Gasteiger partial charge in [0.2, 0.25) is 5.91 Å². The number of hydrogen-bond donors (Lipinski definition) is 2. The predicted molar refractivity (Wildman–Crippen MR) is 172 cm³/mol. The van der Waals surface area contributed by atoms with Gasteiger partial charge in [-0.15, -0.1) is 0 Å². The summed E-state index contributed by atoms with van der Waals surface area (Å²) < 4.78 is 12.5. The van der Waals surface area contributed by atoms with E-state index in [1.165, 1.54) is 22.3 Å². The van der Waals surface area contributed by atoms with Crippen LogP contribution < -0.4 is 10.1 Å². The molecule has 1 aliphatic rings. The van der Waals surface area contributed by atoms with Crippen LogP contribution in [-0.2, 0) is 33.4 Å². The number of benzene rings is 4. The van der Waals surface area contributed by atoms with Gasteiger partial charge in [-0.3, -0.25) is 4.79 Å². The number of carbonyl (C=O) groups is 1. The lowest BCUT2D eigenvalue weighted by Crippen LogP contribution is -2.60. The van der Waals surface area contributed by atoms with Crippen molar-refractivity contribution in [2.75, 3.05) is 13.7 Å². The molecule has 0 bridgehead atoms. The Morgan fingerprint density at radius 1 is 0.860 bits per heavy atom. The molecule has 0 saturated heterocycles. The van der Waals surface area contributed by atoms with Crippen LogP contribution in [0.2, 0.25) is 0 Å². The zero-order valence-electron chi connectivity index (χ0n) is 25.9. The smallest absolute Gasteiger partial charge is 0.220 e. The number of rotatable bonds is 12. The third-order valence-corrected chi connectivity index (χ3v) is 9.03. The van der Waals surface area contributed by atoms with E-state index in [-0.39, 0.29) is 11.7 Å². The third-order valence-electron chi connectivity index (χ3n) is 9.03. The standard InChI is InChI=1S/C38H43NO4/c1-6-27-14-22-33-34(26-27)37(4,38(33,29-10-8-7-9-11-29)30-16-20-32(42-5)21-17-30)43-25-24-36(2,3)39-35(41)23-15-28-12-18-31(40)19-13-28/h7-14,16-22,26,40H,6,15,23-25H2,1-5H3,(H,39,41). The molecule has 0 radical (unpaired) electrons. The Balaban J connectivity index is 1.40. The van der Waals surface area contributed by atoms with Crippen molar-refractivity contribution in [3.63, 3.8) is 0 Å². The SMILES string of the molecule is CCc1ccc2c(c1)C(C)(OCCC(C)(C)NC(=O)CCc1ccc(O)cc1)C2(c1ccccc1)c1ccc(OC)cc1. The van der Waals surface area contributed by atoms with Crippen molar-refractivity contribution in [2.24, 2.45) is 0 Å². The first kappa shape index (κ1) is 30.4. The molecule has 4 aromatic carbocycles. The number of nitrogens with one attached hydrogen (secondary N) is 1. The molecule has 2 N–H and O–H groups in total. The number of phenolic OH excluding ortho intramolecular Hbond substituents is 1. The second-order valence-electron chi connectivity index (χ2n) is 12.3. The molecule has 0 heterocycles. The van der Waals surface area contributed by atoms with Crippen LogP contribution in [-0.4, -0.2) is 30.3 Å². The molecule has 0 spiro atoms. The van der Waals surface area contributed by atoms with E-state index in [9.17, 15) is 9.90 Å². The minimum Gasteiger partial charge on any atom is -0.508 e. The number of methoxy groups -OCH3 is 1. The van der Waals surface area contributed by atoms with E-state index < -0.39 is 16.6 Å². The van der Waals surface area contributed by atoms with E-state index in [4.69, 9.17) is 9.47 Å². The van der Waals surface area contributed by atoms with Crippen molar-refractivity contribution in [1.82, 2.24) is 5.32 Å². The summed E-state index contributed by atoms with van der Waals surface area (Å²) in [5.74, 6) is 1.05. The quantitative estimate of drug-likeness (QED) is 0.183. The van der Waals surface area contributed by atoms with Gasteiger partial charge in [0.05, 0.1) is 19.1 Å². The van der Waals surface area contributed by atoms with Crippen LogP contribution in [0.3, 0.4) is 0 Å². The van der Waals surface area contributed by atoms with Gasteiger partial charge in [-0.2, -0.15) is 0 Å². The van der Waals surface area contributed by atoms with Gasteiger partial charge in [0.15, 0.2) is 0 Å². The lowest BCUT2D eigenvalue weighted by molar-refractivity contribution is -0.124. The molecular formula is C38H43NO4. The number of ether oxygens (including phenoxy) is 2. The fourth-order valence-electron chi connectivity index (χ4n) is 6.61. The maximum atomic E-state index is 12.9. The Hall–Kier alpha value is -4.09. The van der Waals surface area contributed by atoms with E-state index in [0.29, 0.717) is 25.9 Å². The van der Waals surface area contributed by atoms with Gasteiger partial charge in [-0.05, 0) is 97.7 Å². The first-order valence-corrected chi connectivity index (χ1v) is 15.2. The number of aryl methyl sites for hydroxylation is 2. The van der Waals surface area contributed by atoms with Crippen molar-refractivity contribution in [1.29, 1.82) is 0 Å². The van der Waals surface area contributed by atoms with E-state index in [1.54, 1.807) is 19.2 Å². The number of amides is 1. The highest BCUT2D eigenvalue weighted by Crippen LogP contribution is 2.63. The Kier molecular flexibility index (Phi) is 8.66. The summed E-state index contributed by atoms with van der Waals surface area (Å²) in [6.45, 7) is 8.97. The molecule has 4 aromatic rings. The van der Waals surface area contributed by atoms with Gasteiger partial charge in [0.1, 0.15) is 17.1 Å². The normalized spacial score (nSPS) is 19.3. The highest BCUT2D eigenvalue weighted by atomic mass is 16.5. The second-order valence-corrected chi connectivity index (χ2v) is 12.3. The molecule has 224 valence electrons. The van der Waals surface area contributed by atoms with Crippen molar-refractivity contribution in [3.8, 4) is 11.5 Å². The lowest BCUT2D eigenvalue weighted by Gasteiger charge is -2.59. The van der Waals surface area contributed by atoms with E-state index >= 15 is 0 Å². The van der Waals surface area contributed by atoms with Crippen LogP contribution in [0.25, 0.3) is 0 Å². The van der Waals surface area contributed by atoms with Crippen molar-refractivity contribution in [3.05, 3.63) is 130 Å². The van der Waals surface area contributed by atoms with Gasteiger partial charge in [0.25, 0.3) is 0 Å². The summed E-state index contributed by atoms with van der Waals surface area (Å²) in [5, 5.41) is 12.7. The third kappa shape index (κ3) is 5.79. The molecule has 5 nitrogen and oxygen atoms in total. The topological polar surface area (TPSA) is 67.8 Å². The summed E-state index contributed by atoms with van der Waals surface area (Å²) >= 11 is 0. The molecule has 5 heteroatoms. The fourth-order valence-corrected chi connectivity index (χ4v) is 6.61. The van der Waals surface area contributed by atoms with Crippen molar-refractivity contribution < 1.29 is 19.4 Å². The van der Waals surface area contributed by atoms with Crippen molar-refractivity contribution >= 4 is 5.91 Å². The number of fused-ring (bicyclic) bond motifs is 1. The fraction of sp³-hybridized carbons (Fsp3) is 0.342. The summed E-state index contributed by atoms with van der Waals surface area (Å²) in [4.78, 5) is 12.9. The highest BCUT2D eigenvalue weighted by molar-refractivity contribution is 5.77. The van der Waals surface area contributed by atoms with Crippen LogP contribution in [0.4, 0.5) is 0 Å². The average Bonchev–Trinajstić information content (AvgIpc) is 3.01. The zero-order valence-corrected chi connectivity index (χ0v) is 25.9. The van der Waals surface area contributed by atoms with Gasteiger partial charge < -0.3 is 19.9 Å². The predicted octanol–water partition coefficient (Wildman–Crippen LogP) is 7.46. The highest BCUT2D eigenvalue weighted by Gasteiger charge is 2.63. The van der Waals surface area contributed by atoms with E-state index in [0.717, 1.165) is 23.3 Å². The molecule has 0 fully saturated rings. The van der Waals surface area contributed by atoms with Gasteiger partial charge in [-0.25, -0.2) is 0 Å². The number of aromatic hydroxyl groups is 1. The molecule has 1 amide bonds. The van der Waals surface area contributed by atoms with Crippen LogP contribution in [0.5, 0.6) is 11.5 Å². The average molecular weight is 578 g/mol. The van der Waals surface area contributed by atoms with E-state index in [1.807, 2.05) is 24.3 Å². The van der Waals surface area contributed by atoms with Gasteiger partial charge in [-0.1, -0.05) is 79.7 Å². The first-order chi connectivity index (χ1) is 20.6. The minimum absolute atomic E-state index is 0.00253. The molecule has 2 unspecified atom stereocenters. The Bertz CT molecular complexity index is 1550. The summed E-state index contributed by atoms with van der Waals surface area (Å²) in [7, 11) is 1.69. The van der Waals surface area contributed by atoms with E-state index in [2.05, 4.69) is 93.7 Å². The molecule has 5 rings (SSSR count). The lowest BCUT2D eigenvalue weighted by atomic mass is 9.48. The summed E-state index contributed by atoms with van der Waals surface area (Å²) in [6.07, 6.45) is 2.61. The Morgan fingerprint density at radius 3 is 2.16 bits per heavy atom. The molecule has 43 heavy (non-hydrogen) atoms. The minimum atomic E-state index is -0.636.